The molecule has 0 unspecified atom stereocenters. The van der Waals surface area contributed by atoms with Crippen LogP contribution in [0.1, 0.15) is 35.1 Å². The van der Waals surface area contributed by atoms with Crippen LogP contribution in [0.4, 0.5) is 0 Å². The predicted octanol–water partition coefficient (Wildman–Crippen LogP) is 8.15. The van der Waals surface area contributed by atoms with Crippen LogP contribution in [0, 0.1) is 39.5 Å². The fraction of sp³-hybridized carbons (Fsp3) is 0.333. The minimum atomic E-state index is -0.283. The number of rotatable bonds is 11. The van der Waals surface area contributed by atoms with Crippen LogP contribution in [-0.4, -0.2) is 49.8 Å². The molecule has 0 saturated carbocycles. The molecule has 4 aromatic carbocycles. The van der Waals surface area contributed by atoms with E-state index in [-0.39, 0.29) is 36.6 Å². The zero-order valence-corrected chi connectivity index (χ0v) is 28.1. The lowest BCUT2D eigenvalue weighted by atomic mass is 10.1. The standard InChI is InChI=1S/C42H44O6/c1-29-9-17-33(18-10-29)43-27-41-39(45-35-21-13-31(3)14-22-35)25-37(47-41)7-5-6-8-38-26-40(46-36-23-15-32(4)16-24-36)42(48-38)28-44-34-19-11-30(2)12-20-34/h5,7,9-24,37-42H,25-28H2,1-4H3/b7-5+/t37-,38-,39-,40-,41+,42+/m0/s1. The van der Waals surface area contributed by atoms with Crippen molar-refractivity contribution < 1.29 is 28.4 Å². The van der Waals surface area contributed by atoms with Crippen LogP contribution in [0.5, 0.6) is 23.0 Å². The van der Waals surface area contributed by atoms with E-state index < -0.39 is 0 Å². The summed E-state index contributed by atoms with van der Waals surface area (Å²) in [5.74, 6) is 9.72. The summed E-state index contributed by atoms with van der Waals surface area (Å²) in [5, 5.41) is 0. The molecule has 2 saturated heterocycles. The van der Waals surface area contributed by atoms with Gasteiger partial charge in [0, 0.05) is 12.8 Å². The van der Waals surface area contributed by atoms with Gasteiger partial charge in [-0.05, 0) is 88.4 Å². The SMILES string of the molecule is Cc1ccc(OC[C@H]2O[C@@H](C#C/C=C/[C@H]3C[C@H](Oc4ccc(C)cc4)[C@@H](COc4ccc(C)cc4)O3)C[C@@H]2Oc2ccc(C)cc2)cc1. The molecule has 6 nitrogen and oxygen atoms in total. The van der Waals surface area contributed by atoms with E-state index in [9.17, 15) is 0 Å². The molecule has 0 amide bonds. The largest absolute Gasteiger partial charge is 0.491 e. The number of allylic oxidation sites excluding steroid dienone is 1. The second-order valence-corrected chi connectivity index (χ2v) is 12.7. The molecular weight excluding hydrogens is 600 g/mol. The highest BCUT2D eigenvalue weighted by atomic mass is 16.6. The molecule has 0 radical (unpaired) electrons. The lowest BCUT2D eigenvalue weighted by molar-refractivity contribution is 0.00292. The molecule has 0 aliphatic carbocycles. The molecule has 4 aromatic rings. The van der Waals surface area contributed by atoms with Crippen molar-refractivity contribution in [1.29, 1.82) is 0 Å². The van der Waals surface area contributed by atoms with Gasteiger partial charge in [0.1, 0.15) is 66.7 Å². The zero-order chi connectivity index (χ0) is 33.3. The molecule has 2 aliphatic rings. The highest BCUT2D eigenvalue weighted by Gasteiger charge is 2.38. The van der Waals surface area contributed by atoms with Crippen LogP contribution in [0.25, 0.3) is 0 Å². The fourth-order valence-electron chi connectivity index (χ4n) is 5.73. The summed E-state index contributed by atoms with van der Waals surface area (Å²) < 4.78 is 37.7. The third-order valence-electron chi connectivity index (χ3n) is 8.55. The summed E-state index contributed by atoms with van der Waals surface area (Å²) in [6.07, 6.45) is 3.91. The van der Waals surface area contributed by atoms with Crippen LogP contribution in [0.2, 0.25) is 0 Å². The highest BCUT2D eigenvalue weighted by molar-refractivity contribution is 5.30. The topological polar surface area (TPSA) is 55.4 Å². The second kappa shape index (κ2) is 15.9. The zero-order valence-electron chi connectivity index (χ0n) is 28.1. The molecule has 6 atom stereocenters. The van der Waals surface area contributed by atoms with Crippen LogP contribution in [0.15, 0.2) is 109 Å². The van der Waals surface area contributed by atoms with Crippen LogP contribution in [0.3, 0.4) is 0 Å². The van der Waals surface area contributed by atoms with Gasteiger partial charge in [-0.3, -0.25) is 0 Å². The Morgan fingerprint density at radius 2 is 0.979 bits per heavy atom. The maximum atomic E-state index is 6.41. The minimum Gasteiger partial charge on any atom is -0.491 e. The van der Waals surface area contributed by atoms with Crippen molar-refractivity contribution in [2.24, 2.45) is 0 Å². The second-order valence-electron chi connectivity index (χ2n) is 12.7. The van der Waals surface area contributed by atoms with Gasteiger partial charge in [-0.1, -0.05) is 82.6 Å². The van der Waals surface area contributed by atoms with E-state index in [1.54, 1.807) is 0 Å². The van der Waals surface area contributed by atoms with Crippen LogP contribution in [-0.2, 0) is 9.47 Å². The van der Waals surface area contributed by atoms with Crippen molar-refractivity contribution in [3.63, 3.8) is 0 Å². The summed E-state index contributed by atoms with van der Waals surface area (Å²) in [7, 11) is 0. The normalized spacial score (nSPS) is 23.4. The van der Waals surface area contributed by atoms with Gasteiger partial charge in [0.15, 0.2) is 0 Å². The van der Waals surface area contributed by atoms with E-state index >= 15 is 0 Å². The maximum Gasteiger partial charge on any atom is 0.132 e. The van der Waals surface area contributed by atoms with Gasteiger partial charge in [-0.15, -0.1) is 0 Å². The molecule has 0 spiro atoms. The van der Waals surface area contributed by atoms with Crippen molar-refractivity contribution >= 4 is 0 Å². The summed E-state index contributed by atoms with van der Waals surface area (Å²) in [5.41, 5.74) is 4.75. The predicted molar refractivity (Wildman–Crippen MR) is 188 cm³/mol. The van der Waals surface area contributed by atoms with E-state index in [0.29, 0.717) is 26.1 Å². The quantitative estimate of drug-likeness (QED) is 0.154. The van der Waals surface area contributed by atoms with Crippen molar-refractivity contribution in [3.8, 4) is 34.8 Å². The Morgan fingerprint density at radius 3 is 1.46 bits per heavy atom. The van der Waals surface area contributed by atoms with Gasteiger partial charge in [0.25, 0.3) is 0 Å². The average molecular weight is 645 g/mol. The molecule has 248 valence electrons. The van der Waals surface area contributed by atoms with Gasteiger partial charge in [0.2, 0.25) is 0 Å². The van der Waals surface area contributed by atoms with Crippen molar-refractivity contribution in [2.75, 3.05) is 13.2 Å². The first-order chi connectivity index (χ1) is 23.4. The Balaban J connectivity index is 1.08. The van der Waals surface area contributed by atoms with Crippen LogP contribution < -0.4 is 18.9 Å². The van der Waals surface area contributed by atoms with Gasteiger partial charge in [-0.2, -0.15) is 0 Å². The number of benzene rings is 4. The summed E-state index contributed by atoms with van der Waals surface area (Å²) in [6, 6.07) is 32.2. The monoisotopic (exact) mass is 644 g/mol. The van der Waals surface area contributed by atoms with Crippen molar-refractivity contribution in [1.82, 2.24) is 0 Å². The Bertz CT molecular complexity index is 1680. The smallest absolute Gasteiger partial charge is 0.132 e. The number of ether oxygens (including phenoxy) is 6. The maximum absolute atomic E-state index is 6.41. The van der Waals surface area contributed by atoms with Gasteiger partial charge < -0.3 is 28.4 Å². The molecule has 0 N–H and O–H groups in total. The summed E-state index contributed by atoms with van der Waals surface area (Å²) in [6.45, 7) is 9.01. The van der Waals surface area contributed by atoms with E-state index in [4.69, 9.17) is 28.4 Å². The molecule has 0 bridgehead atoms. The van der Waals surface area contributed by atoms with E-state index in [1.165, 1.54) is 22.3 Å². The van der Waals surface area contributed by atoms with E-state index in [1.807, 2.05) is 97.1 Å². The molecule has 2 heterocycles. The molecule has 6 rings (SSSR count). The Morgan fingerprint density at radius 1 is 0.562 bits per heavy atom. The summed E-state index contributed by atoms with van der Waals surface area (Å²) >= 11 is 0. The molecule has 0 aromatic heterocycles. The molecule has 48 heavy (non-hydrogen) atoms. The number of hydrogen-bond donors (Lipinski definition) is 0. The lowest BCUT2D eigenvalue weighted by Crippen LogP contribution is -2.32. The van der Waals surface area contributed by atoms with Crippen molar-refractivity contribution in [3.05, 3.63) is 131 Å². The molecular formula is C42H44O6. The Kier molecular flexibility index (Phi) is 11.0. The first kappa shape index (κ1) is 33.2. The van der Waals surface area contributed by atoms with Crippen molar-refractivity contribution in [2.45, 2.75) is 77.2 Å². The molecule has 2 fully saturated rings. The van der Waals surface area contributed by atoms with Gasteiger partial charge >= 0.3 is 0 Å². The van der Waals surface area contributed by atoms with Crippen LogP contribution >= 0.6 is 0 Å². The number of hydrogen-bond acceptors (Lipinski definition) is 6. The minimum absolute atomic E-state index is 0.154. The average Bonchev–Trinajstić information content (AvgIpc) is 3.67. The Labute approximate surface area is 284 Å². The first-order valence-electron chi connectivity index (χ1n) is 16.7. The van der Waals surface area contributed by atoms with E-state index in [0.717, 1.165) is 23.0 Å². The third-order valence-corrected chi connectivity index (χ3v) is 8.55. The molecule has 2 aliphatic heterocycles. The third kappa shape index (κ3) is 9.44. The van der Waals surface area contributed by atoms with Gasteiger partial charge in [0.05, 0.1) is 6.10 Å². The summed E-state index contributed by atoms with van der Waals surface area (Å²) in [4.78, 5) is 0. The first-order valence-corrected chi connectivity index (χ1v) is 16.7. The van der Waals surface area contributed by atoms with E-state index in [2.05, 4.69) is 51.7 Å². The molecule has 6 heteroatoms. The lowest BCUT2D eigenvalue weighted by Gasteiger charge is -2.20. The fourth-order valence-corrected chi connectivity index (χ4v) is 5.73. The Hall–Kier alpha value is -4.70. The highest BCUT2D eigenvalue weighted by Crippen LogP contribution is 2.29. The number of aryl methyl sites for hydroxylation is 4. The van der Waals surface area contributed by atoms with Gasteiger partial charge in [-0.25, -0.2) is 0 Å².